The van der Waals surface area contributed by atoms with Crippen LogP contribution in [0.1, 0.15) is 25.0 Å². The van der Waals surface area contributed by atoms with Gasteiger partial charge in [0.1, 0.15) is 0 Å². The fourth-order valence-electron chi connectivity index (χ4n) is 1.84. The molecule has 0 aliphatic carbocycles. The quantitative estimate of drug-likeness (QED) is 0.870. The third-order valence-corrected chi connectivity index (χ3v) is 3.21. The van der Waals surface area contributed by atoms with Crippen LogP contribution in [0.3, 0.4) is 0 Å². The standard InChI is InChI=1S/C15H19ClN2/c1-12(2)17-9-13-7-8-18(10-13)11-14-5-3-4-6-15(14)16/h3-8,10,12,17H,9,11H2,1-2H3. The van der Waals surface area contributed by atoms with Gasteiger partial charge in [0, 0.05) is 36.5 Å². The minimum atomic E-state index is 0.511. The van der Waals surface area contributed by atoms with Gasteiger partial charge in [0.25, 0.3) is 0 Å². The van der Waals surface area contributed by atoms with Gasteiger partial charge in [-0.3, -0.25) is 0 Å². The average molecular weight is 263 g/mol. The van der Waals surface area contributed by atoms with E-state index in [1.54, 1.807) is 0 Å². The van der Waals surface area contributed by atoms with Crippen molar-refractivity contribution in [3.8, 4) is 0 Å². The van der Waals surface area contributed by atoms with Crippen LogP contribution in [0.15, 0.2) is 42.7 Å². The Morgan fingerprint density at radius 2 is 2.00 bits per heavy atom. The Kier molecular flexibility index (Phi) is 4.45. The van der Waals surface area contributed by atoms with Crippen LogP contribution in [-0.4, -0.2) is 10.6 Å². The van der Waals surface area contributed by atoms with Crippen LogP contribution in [0.4, 0.5) is 0 Å². The lowest BCUT2D eigenvalue weighted by Gasteiger charge is -2.07. The largest absolute Gasteiger partial charge is 0.350 e. The van der Waals surface area contributed by atoms with Crippen LogP contribution in [0.25, 0.3) is 0 Å². The summed E-state index contributed by atoms with van der Waals surface area (Å²) < 4.78 is 2.17. The van der Waals surface area contributed by atoms with E-state index in [9.17, 15) is 0 Å². The Bertz CT molecular complexity index is 503. The zero-order valence-electron chi connectivity index (χ0n) is 10.9. The summed E-state index contributed by atoms with van der Waals surface area (Å²) in [5.41, 5.74) is 2.45. The van der Waals surface area contributed by atoms with Crippen molar-refractivity contribution in [2.24, 2.45) is 0 Å². The van der Waals surface area contributed by atoms with Crippen LogP contribution in [-0.2, 0) is 13.1 Å². The zero-order valence-corrected chi connectivity index (χ0v) is 11.6. The van der Waals surface area contributed by atoms with E-state index in [4.69, 9.17) is 11.6 Å². The van der Waals surface area contributed by atoms with Crippen LogP contribution < -0.4 is 5.32 Å². The van der Waals surface area contributed by atoms with E-state index in [-0.39, 0.29) is 0 Å². The lowest BCUT2D eigenvalue weighted by atomic mass is 10.2. The van der Waals surface area contributed by atoms with Crippen molar-refractivity contribution >= 4 is 11.6 Å². The first-order valence-electron chi connectivity index (χ1n) is 6.26. The topological polar surface area (TPSA) is 17.0 Å². The monoisotopic (exact) mass is 262 g/mol. The summed E-state index contributed by atoms with van der Waals surface area (Å²) in [6.07, 6.45) is 4.26. The molecule has 96 valence electrons. The molecule has 0 bridgehead atoms. The van der Waals surface area contributed by atoms with Crippen molar-refractivity contribution in [1.82, 2.24) is 9.88 Å². The molecular weight excluding hydrogens is 244 g/mol. The number of hydrogen-bond acceptors (Lipinski definition) is 1. The van der Waals surface area contributed by atoms with E-state index in [1.807, 2.05) is 18.2 Å². The second-order valence-electron chi connectivity index (χ2n) is 4.82. The molecule has 18 heavy (non-hydrogen) atoms. The highest BCUT2D eigenvalue weighted by Gasteiger charge is 2.02. The van der Waals surface area contributed by atoms with Crippen molar-refractivity contribution in [3.05, 3.63) is 58.9 Å². The summed E-state index contributed by atoms with van der Waals surface area (Å²) in [4.78, 5) is 0. The molecule has 1 aromatic carbocycles. The molecule has 2 aromatic rings. The normalized spacial score (nSPS) is 11.1. The Morgan fingerprint density at radius 3 is 2.72 bits per heavy atom. The molecule has 0 aliphatic heterocycles. The molecule has 1 heterocycles. The molecule has 0 fully saturated rings. The first kappa shape index (κ1) is 13.2. The third kappa shape index (κ3) is 3.62. The number of aromatic nitrogens is 1. The minimum Gasteiger partial charge on any atom is -0.350 e. The molecule has 0 spiro atoms. The SMILES string of the molecule is CC(C)NCc1ccn(Cc2ccccc2Cl)c1. The Balaban J connectivity index is 2.00. The smallest absolute Gasteiger partial charge is 0.0485 e. The van der Waals surface area contributed by atoms with Crippen LogP contribution >= 0.6 is 11.6 Å². The molecule has 0 aliphatic rings. The highest BCUT2D eigenvalue weighted by molar-refractivity contribution is 6.31. The molecule has 3 heteroatoms. The predicted molar refractivity (Wildman–Crippen MR) is 77.0 cm³/mol. The van der Waals surface area contributed by atoms with Crippen LogP contribution in [0.2, 0.25) is 5.02 Å². The maximum Gasteiger partial charge on any atom is 0.0485 e. The first-order valence-corrected chi connectivity index (χ1v) is 6.64. The summed E-state index contributed by atoms with van der Waals surface area (Å²) in [5.74, 6) is 0. The van der Waals surface area contributed by atoms with Crippen LogP contribution in [0.5, 0.6) is 0 Å². The fraction of sp³-hybridized carbons (Fsp3) is 0.333. The van der Waals surface area contributed by atoms with Crippen molar-refractivity contribution < 1.29 is 0 Å². The van der Waals surface area contributed by atoms with Crippen molar-refractivity contribution in [2.45, 2.75) is 33.0 Å². The van der Waals surface area contributed by atoms with Gasteiger partial charge in [-0.05, 0) is 23.3 Å². The minimum absolute atomic E-state index is 0.511. The maximum atomic E-state index is 6.16. The second kappa shape index (κ2) is 6.07. The number of hydrogen-bond donors (Lipinski definition) is 1. The fourth-order valence-corrected chi connectivity index (χ4v) is 2.03. The lowest BCUT2D eigenvalue weighted by Crippen LogP contribution is -2.21. The van der Waals surface area contributed by atoms with E-state index < -0.39 is 0 Å². The first-order chi connectivity index (χ1) is 8.65. The van der Waals surface area contributed by atoms with Gasteiger partial charge in [-0.1, -0.05) is 43.6 Å². The van der Waals surface area contributed by atoms with Gasteiger partial charge in [-0.25, -0.2) is 0 Å². The Hall–Kier alpha value is -1.25. The molecule has 0 saturated carbocycles. The summed E-state index contributed by atoms with van der Waals surface area (Å²) >= 11 is 6.16. The Labute approximate surface area is 114 Å². The van der Waals surface area contributed by atoms with Gasteiger partial charge < -0.3 is 9.88 Å². The van der Waals surface area contributed by atoms with Gasteiger partial charge >= 0.3 is 0 Å². The zero-order chi connectivity index (χ0) is 13.0. The highest BCUT2D eigenvalue weighted by Crippen LogP contribution is 2.16. The van der Waals surface area contributed by atoms with Crippen LogP contribution in [0, 0.1) is 0 Å². The predicted octanol–water partition coefficient (Wildman–Crippen LogP) is 3.69. The number of nitrogens with zero attached hydrogens (tertiary/aromatic N) is 1. The molecule has 2 rings (SSSR count). The molecule has 0 unspecified atom stereocenters. The average Bonchev–Trinajstić information content (AvgIpc) is 2.77. The van der Waals surface area contributed by atoms with E-state index in [1.165, 1.54) is 5.56 Å². The number of halogens is 1. The molecule has 0 saturated heterocycles. The number of nitrogens with one attached hydrogen (secondary N) is 1. The van der Waals surface area contributed by atoms with Gasteiger partial charge in [0.05, 0.1) is 0 Å². The molecule has 0 amide bonds. The van der Waals surface area contributed by atoms with Gasteiger partial charge in [-0.2, -0.15) is 0 Å². The second-order valence-corrected chi connectivity index (χ2v) is 5.23. The summed E-state index contributed by atoms with van der Waals surface area (Å²) in [6.45, 7) is 6.04. The van der Waals surface area contributed by atoms with Gasteiger partial charge in [-0.15, -0.1) is 0 Å². The highest BCUT2D eigenvalue weighted by atomic mass is 35.5. The van der Waals surface area contributed by atoms with Gasteiger partial charge in [0.2, 0.25) is 0 Å². The molecular formula is C15H19ClN2. The number of benzene rings is 1. The summed E-state index contributed by atoms with van der Waals surface area (Å²) in [7, 11) is 0. The van der Waals surface area contributed by atoms with Gasteiger partial charge in [0.15, 0.2) is 0 Å². The van der Waals surface area contributed by atoms with E-state index in [0.29, 0.717) is 6.04 Å². The molecule has 1 aromatic heterocycles. The Morgan fingerprint density at radius 1 is 1.22 bits per heavy atom. The summed E-state index contributed by atoms with van der Waals surface area (Å²) in [6, 6.07) is 10.6. The van der Waals surface area contributed by atoms with E-state index >= 15 is 0 Å². The molecule has 1 N–H and O–H groups in total. The molecule has 0 atom stereocenters. The molecule has 2 nitrogen and oxygen atoms in total. The molecule has 0 radical (unpaired) electrons. The van der Waals surface area contributed by atoms with E-state index in [2.05, 4.69) is 48.3 Å². The third-order valence-electron chi connectivity index (χ3n) is 2.84. The maximum absolute atomic E-state index is 6.16. The van der Waals surface area contributed by atoms with Crippen molar-refractivity contribution in [3.63, 3.8) is 0 Å². The lowest BCUT2D eigenvalue weighted by molar-refractivity contribution is 0.588. The summed E-state index contributed by atoms with van der Waals surface area (Å²) in [5, 5.41) is 4.24. The van der Waals surface area contributed by atoms with Crippen molar-refractivity contribution in [1.29, 1.82) is 0 Å². The van der Waals surface area contributed by atoms with Crippen molar-refractivity contribution in [2.75, 3.05) is 0 Å². The van der Waals surface area contributed by atoms with E-state index in [0.717, 1.165) is 23.7 Å². The number of rotatable bonds is 5.